The van der Waals surface area contributed by atoms with Gasteiger partial charge in [0.15, 0.2) is 0 Å². The first-order valence-electron chi connectivity index (χ1n) is 6.96. The Morgan fingerprint density at radius 1 is 1.05 bits per heavy atom. The summed E-state index contributed by atoms with van der Waals surface area (Å²) in [7, 11) is 2.18. The van der Waals surface area contributed by atoms with Crippen LogP contribution in [0.4, 0.5) is 19.0 Å². The van der Waals surface area contributed by atoms with Crippen molar-refractivity contribution in [3.8, 4) is 0 Å². The molecule has 4 nitrogen and oxygen atoms in total. The molecule has 2 rings (SSSR count). The van der Waals surface area contributed by atoms with E-state index in [0.717, 1.165) is 0 Å². The minimum absolute atomic E-state index is 0.100. The quantitative estimate of drug-likeness (QED) is 0.785. The maximum atomic E-state index is 13.3. The van der Waals surface area contributed by atoms with Crippen molar-refractivity contribution in [2.45, 2.75) is 45.1 Å². The monoisotopic (exact) mass is 316 g/mol. The Kier molecular flexibility index (Phi) is 3.98. The van der Waals surface area contributed by atoms with Crippen molar-refractivity contribution in [2.75, 3.05) is 19.0 Å². The van der Waals surface area contributed by atoms with Gasteiger partial charge in [-0.2, -0.15) is 13.2 Å². The molecule has 0 atom stereocenters. The van der Waals surface area contributed by atoms with Crippen molar-refractivity contribution in [3.63, 3.8) is 0 Å². The van der Waals surface area contributed by atoms with Crippen molar-refractivity contribution in [3.05, 3.63) is 17.8 Å². The van der Waals surface area contributed by atoms with Crippen LogP contribution in [0.3, 0.4) is 0 Å². The molecule has 1 saturated heterocycles. The second-order valence-corrected chi connectivity index (χ2v) is 6.59. The van der Waals surface area contributed by atoms with Crippen LogP contribution >= 0.6 is 0 Å². The van der Waals surface area contributed by atoms with Gasteiger partial charge >= 0.3 is 13.3 Å². The van der Waals surface area contributed by atoms with Gasteiger partial charge in [-0.05, 0) is 33.8 Å². The van der Waals surface area contributed by atoms with Crippen molar-refractivity contribution in [1.29, 1.82) is 0 Å². The van der Waals surface area contributed by atoms with Gasteiger partial charge in [0.2, 0.25) is 0 Å². The molecule has 8 heteroatoms. The molecule has 1 aliphatic rings. The molecule has 1 aliphatic heterocycles. The highest BCUT2D eigenvalue weighted by Crippen LogP contribution is 2.38. The van der Waals surface area contributed by atoms with E-state index in [-0.39, 0.29) is 11.3 Å². The fraction of sp³-hybridized carbons (Fsp3) is 0.643. The lowest BCUT2D eigenvalue weighted by Crippen LogP contribution is -2.41. The molecule has 0 saturated carbocycles. The van der Waals surface area contributed by atoms with E-state index in [1.807, 2.05) is 0 Å². The summed E-state index contributed by atoms with van der Waals surface area (Å²) in [6, 6.07) is 2.89. The fourth-order valence-corrected chi connectivity index (χ4v) is 2.10. The van der Waals surface area contributed by atoms with Crippen LogP contribution in [-0.4, -0.2) is 37.4 Å². The number of hydrogen-bond donors (Lipinski definition) is 0. The Balaban J connectivity index is 2.48. The van der Waals surface area contributed by atoms with Gasteiger partial charge in [-0.15, -0.1) is 0 Å². The minimum atomic E-state index is -4.58. The van der Waals surface area contributed by atoms with E-state index in [2.05, 4.69) is 4.98 Å². The van der Waals surface area contributed by atoms with Crippen LogP contribution in [0.2, 0.25) is 0 Å². The van der Waals surface area contributed by atoms with Gasteiger partial charge in [-0.3, -0.25) is 0 Å². The summed E-state index contributed by atoms with van der Waals surface area (Å²) in [5.74, 6) is 0.229. The predicted octanol–water partition coefficient (Wildman–Crippen LogP) is 2.47. The number of anilines is 1. The molecule has 22 heavy (non-hydrogen) atoms. The Morgan fingerprint density at radius 2 is 1.55 bits per heavy atom. The Bertz CT molecular complexity index is 558. The zero-order valence-electron chi connectivity index (χ0n) is 13.6. The van der Waals surface area contributed by atoms with Crippen molar-refractivity contribution in [1.82, 2.24) is 4.98 Å². The van der Waals surface area contributed by atoms with E-state index in [1.54, 1.807) is 41.8 Å². The van der Waals surface area contributed by atoms with E-state index in [1.165, 1.54) is 17.0 Å². The Hall–Kier alpha value is -1.28. The summed E-state index contributed by atoms with van der Waals surface area (Å²) in [5.41, 5.74) is -2.49. The summed E-state index contributed by atoms with van der Waals surface area (Å²) >= 11 is 0. The van der Waals surface area contributed by atoms with Gasteiger partial charge in [-0.25, -0.2) is 4.98 Å². The molecule has 0 aromatic carbocycles. The molecular weight excluding hydrogens is 296 g/mol. The van der Waals surface area contributed by atoms with E-state index >= 15 is 0 Å². The van der Waals surface area contributed by atoms with Gasteiger partial charge in [0.05, 0.1) is 11.2 Å². The molecule has 0 spiro atoms. The first-order valence-corrected chi connectivity index (χ1v) is 6.96. The molecule has 122 valence electrons. The summed E-state index contributed by atoms with van der Waals surface area (Å²) in [4.78, 5) is 5.24. The standard InChI is InChI=1S/C14H20BF3N2O2/c1-12(2)13(3,4)22-15(21-12)9-7-8-10(20(5)6)19-11(9)14(16,17)18/h7-8H,1-6H3. The van der Waals surface area contributed by atoms with E-state index in [0.29, 0.717) is 0 Å². The minimum Gasteiger partial charge on any atom is -0.399 e. The maximum absolute atomic E-state index is 13.3. The van der Waals surface area contributed by atoms with Gasteiger partial charge in [0, 0.05) is 19.6 Å². The zero-order chi connectivity index (χ0) is 16.9. The van der Waals surface area contributed by atoms with Crippen LogP contribution in [0.25, 0.3) is 0 Å². The second-order valence-electron chi connectivity index (χ2n) is 6.59. The van der Waals surface area contributed by atoms with Crippen LogP contribution in [0.15, 0.2) is 12.1 Å². The highest BCUT2D eigenvalue weighted by molar-refractivity contribution is 6.62. The summed E-state index contributed by atoms with van der Waals surface area (Å²) in [6.07, 6.45) is -4.58. The number of hydrogen-bond acceptors (Lipinski definition) is 4. The third-order valence-electron chi connectivity index (χ3n) is 4.15. The number of aromatic nitrogens is 1. The highest BCUT2D eigenvalue weighted by atomic mass is 19.4. The topological polar surface area (TPSA) is 34.6 Å². The van der Waals surface area contributed by atoms with Gasteiger partial charge in [0.1, 0.15) is 11.5 Å². The number of pyridine rings is 1. The van der Waals surface area contributed by atoms with Gasteiger partial charge in [0.25, 0.3) is 0 Å². The largest absolute Gasteiger partial charge is 0.497 e. The van der Waals surface area contributed by atoms with Crippen molar-refractivity contribution < 1.29 is 22.5 Å². The highest BCUT2D eigenvalue weighted by Gasteiger charge is 2.54. The van der Waals surface area contributed by atoms with Crippen LogP contribution < -0.4 is 10.4 Å². The number of rotatable bonds is 2. The maximum Gasteiger partial charge on any atom is 0.497 e. The SMILES string of the molecule is CN(C)c1ccc(B2OC(C)(C)C(C)(C)O2)c(C(F)(F)F)n1. The lowest BCUT2D eigenvalue weighted by molar-refractivity contribution is -0.140. The summed E-state index contributed by atoms with van der Waals surface area (Å²) in [6.45, 7) is 7.17. The molecule has 0 aliphatic carbocycles. The third kappa shape index (κ3) is 2.94. The lowest BCUT2D eigenvalue weighted by Gasteiger charge is -2.32. The molecule has 2 heterocycles. The zero-order valence-corrected chi connectivity index (χ0v) is 13.6. The van der Waals surface area contributed by atoms with Gasteiger partial charge in [-0.1, -0.05) is 6.07 Å². The lowest BCUT2D eigenvalue weighted by atomic mass is 9.77. The normalized spacial score (nSPS) is 20.3. The average molecular weight is 316 g/mol. The van der Waals surface area contributed by atoms with E-state index in [9.17, 15) is 13.2 Å². The molecule has 1 fully saturated rings. The second kappa shape index (κ2) is 5.13. The van der Waals surface area contributed by atoms with E-state index < -0.39 is 30.2 Å². The molecule has 0 unspecified atom stereocenters. The molecule has 0 amide bonds. The predicted molar refractivity (Wildman–Crippen MR) is 79.3 cm³/mol. The number of nitrogens with zero attached hydrogens (tertiary/aromatic N) is 2. The average Bonchev–Trinajstić information content (AvgIpc) is 2.56. The molecule has 0 N–H and O–H groups in total. The summed E-state index contributed by atoms with van der Waals surface area (Å²) < 4.78 is 51.4. The number of halogens is 3. The van der Waals surface area contributed by atoms with Crippen LogP contribution in [0.1, 0.15) is 33.4 Å². The molecule has 0 radical (unpaired) electrons. The van der Waals surface area contributed by atoms with Crippen LogP contribution in [0.5, 0.6) is 0 Å². The molecule has 1 aromatic heterocycles. The molecule has 0 bridgehead atoms. The first-order chi connectivity index (χ1) is 9.85. The van der Waals surface area contributed by atoms with E-state index in [4.69, 9.17) is 9.31 Å². The molecule has 1 aromatic rings. The van der Waals surface area contributed by atoms with Crippen LogP contribution in [-0.2, 0) is 15.5 Å². The third-order valence-corrected chi connectivity index (χ3v) is 4.15. The Morgan fingerprint density at radius 3 is 1.95 bits per heavy atom. The van der Waals surface area contributed by atoms with Crippen LogP contribution in [0, 0.1) is 0 Å². The smallest absolute Gasteiger partial charge is 0.399 e. The van der Waals surface area contributed by atoms with Crippen molar-refractivity contribution in [2.24, 2.45) is 0 Å². The number of alkyl halides is 3. The first kappa shape index (κ1) is 17.1. The molecular formula is C14H20BF3N2O2. The van der Waals surface area contributed by atoms with Gasteiger partial charge < -0.3 is 14.2 Å². The van der Waals surface area contributed by atoms with Crippen molar-refractivity contribution >= 4 is 18.4 Å². The Labute approximate surface area is 128 Å². The summed E-state index contributed by atoms with van der Waals surface area (Å²) in [5, 5.41) is 0. The fourth-order valence-electron chi connectivity index (χ4n) is 2.10.